The average molecular weight is 523 g/mol. The average Bonchev–Trinajstić information content (AvgIpc) is 2.83. The number of carbonyl (C=O) groups is 1. The molecule has 0 atom stereocenters. The van der Waals surface area contributed by atoms with Crippen molar-refractivity contribution in [2.45, 2.75) is 0 Å². The fraction of sp³-hybridized carbons (Fsp3) is 0.0833. The van der Waals surface area contributed by atoms with E-state index in [1.165, 1.54) is 13.3 Å². The maximum absolute atomic E-state index is 12.7. The minimum absolute atomic E-state index is 0.225. The molecule has 3 aromatic carbocycles. The van der Waals surface area contributed by atoms with Crippen LogP contribution in [0.3, 0.4) is 0 Å². The van der Waals surface area contributed by atoms with Crippen LogP contribution in [0.5, 0.6) is 11.5 Å². The molecular weight excluding hydrogens is 504 g/mol. The number of para-hydroxylation sites is 2. The van der Waals surface area contributed by atoms with Gasteiger partial charge in [-0.1, -0.05) is 46.3 Å². The maximum atomic E-state index is 12.7. The minimum Gasteiger partial charge on any atom is -0.493 e. The standard InChI is InChI=1S/C24H19BrN4O5/c1-33-20-12-16(25)11-15(22(20)34-14-21(30)27-17-7-3-2-4-8-17)13-26-29-23(31)18-9-5-6-10-19(18)28-24(29)32/h2-13H,14H2,1H3,(H,27,30)(H,28,32). The van der Waals surface area contributed by atoms with Gasteiger partial charge in [0.15, 0.2) is 18.1 Å². The highest BCUT2D eigenvalue weighted by Gasteiger charge is 2.14. The Hall–Kier alpha value is -4.18. The molecule has 0 saturated heterocycles. The monoisotopic (exact) mass is 522 g/mol. The van der Waals surface area contributed by atoms with Gasteiger partial charge in [-0.05, 0) is 36.4 Å². The molecule has 0 fully saturated rings. The zero-order chi connectivity index (χ0) is 24.1. The number of H-pyrrole nitrogens is 1. The largest absolute Gasteiger partial charge is 0.493 e. The molecule has 2 N–H and O–H groups in total. The van der Waals surface area contributed by atoms with Crippen LogP contribution >= 0.6 is 15.9 Å². The van der Waals surface area contributed by atoms with Crippen molar-refractivity contribution in [2.24, 2.45) is 5.10 Å². The number of anilines is 1. The Labute approximate surface area is 201 Å². The Morgan fingerprint density at radius 3 is 2.62 bits per heavy atom. The summed E-state index contributed by atoms with van der Waals surface area (Å²) >= 11 is 3.39. The number of ether oxygens (including phenoxy) is 2. The Bertz CT molecular complexity index is 1500. The van der Waals surface area contributed by atoms with E-state index < -0.39 is 11.2 Å². The third-order valence-electron chi connectivity index (χ3n) is 4.77. The van der Waals surface area contributed by atoms with E-state index in [0.29, 0.717) is 32.4 Å². The van der Waals surface area contributed by atoms with Gasteiger partial charge in [-0.25, -0.2) is 4.79 Å². The fourth-order valence-electron chi connectivity index (χ4n) is 3.22. The summed E-state index contributed by atoms with van der Waals surface area (Å²) in [6.45, 7) is -0.301. The molecular formula is C24H19BrN4O5. The molecule has 4 aromatic rings. The molecule has 0 aliphatic rings. The number of hydrogen-bond acceptors (Lipinski definition) is 6. The Morgan fingerprint density at radius 1 is 1.12 bits per heavy atom. The van der Waals surface area contributed by atoms with Crippen molar-refractivity contribution >= 4 is 44.6 Å². The molecule has 0 bridgehead atoms. The summed E-state index contributed by atoms with van der Waals surface area (Å²) in [5.74, 6) is 0.187. The lowest BCUT2D eigenvalue weighted by Crippen LogP contribution is -2.32. The van der Waals surface area contributed by atoms with Crippen LogP contribution in [-0.2, 0) is 4.79 Å². The number of amides is 1. The van der Waals surface area contributed by atoms with Crippen LogP contribution in [0.4, 0.5) is 5.69 Å². The normalized spacial score (nSPS) is 11.0. The first-order valence-corrected chi connectivity index (χ1v) is 10.9. The van der Waals surface area contributed by atoms with E-state index in [1.807, 2.05) is 6.07 Å². The van der Waals surface area contributed by atoms with Gasteiger partial charge in [0.25, 0.3) is 11.5 Å². The van der Waals surface area contributed by atoms with E-state index in [4.69, 9.17) is 9.47 Å². The van der Waals surface area contributed by atoms with Crippen molar-refractivity contribution in [3.8, 4) is 11.5 Å². The third kappa shape index (κ3) is 5.07. The summed E-state index contributed by atoms with van der Waals surface area (Å²) < 4.78 is 12.5. The molecule has 4 rings (SSSR count). The van der Waals surface area contributed by atoms with Crippen molar-refractivity contribution in [3.05, 3.63) is 97.6 Å². The Morgan fingerprint density at radius 2 is 1.85 bits per heavy atom. The van der Waals surface area contributed by atoms with Crippen LogP contribution in [-0.4, -0.2) is 35.5 Å². The number of halogens is 1. The van der Waals surface area contributed by atoms with Crippen LogP contribution in [0.25, 0.3) is 10.9 Å². The molecule has 1 heterocycles. The van der Waals surface area contributed by atoms with Gasteiger partial charge >= 0.3 is 5.69 Å². The Kier molecular flexibility index (Phi) is 6.88. The molecule has 1 amide bonds. The van der Waals surface area contributed by atoms with Gasteiger partial charge in [0.05, 0.1) is 24.2 Å². The molecule has 9 nitrogen and oxygen atoms in total. The zero-order valence-corrected chi connectivity index (χ0v) is 19.5. The number of nitrogens with one attached hydrogen (secondary N) is 2. The van der Waals surface area contributed by atoms with Gasteiger partial charge in [-0.3, -0.25) is 9.59 Å². The smallest absolute Gasteiger partial charge is 0.349 e. The third-order valence-corrected chi connectivity index (χ3v) is 5.23. The number of benzene rings is 3. The molecule has 1 aromatic heterocycles. The first-order valence-electron chi connectivity index (χ1n) is 10.1. The lowest BCUT2D eigenvalue weighted by atomic mass is 10.2. The van der Waals surface area contributed by atoms with Crippen LogP contribution in [0.15, 0.2) is 85.9 Å². The molecule has 0 radical (unpaired) electrons. The molecule has 0 unspecified atom stereocenters. The van der Waals surface area contributed by atoms with E-state index in [0.717, 1.165) is 4.68 Å². The molecule has 34 heavy (non-hydrogen) atoms. The molecule has 0 spiro atoms. The van der Waals surface area contributed by atoms with Crippen molar-refractivity contribution < 1.29 is 14.3 Å². The number of rotatable bonds is 7. The number of fused-ring (bicyclic) bond motifs is 1. The second-order valence-corrected chi connectivity index (χ2v) is 7.98. The number of methoxy groups -OCH3 is 1. The highest BCUT2D eigenvalue weighted by molar-refractivity contribution is 9.10. The van der Waals surface area contributed by atoms with Gasteiger partial charge in [0, 0.05) is 15.7 Å². The summed E-state index contributed by atoms with van der Waals surface area (Å²) in [7, 11) is 1.46. The maximum Gasteiger partial charge on any atom is 0.349 e. The van der Waals surface area contributed by atoms with E-state index in [1.54, 1.807) is 60.7 Å². The summed E-state index contributed by atoms with van der Waals surface area (Å²) in [6, 6.07) is 18.9. The highest BCUT2D eigenvalue weighted by atomic mass is 79.9. The summed E-state index contributed by atoms with van der Waals surface area (Å²) in [4.78, 5) is 40.1. The molecule has 0 aliphatic heterocycles. The summed E-state index contributed by atoms with van der Waals surface area (Å²) in [5.41, 5.74) is 0.184. The predicted octanol–water partition coefficient (Wildman–Crippen LogP) is 3.36. The van der Waals surface area contributed by atoms with Gasteiger partial charge < -0.3 is 19.8 Å². The van der Waals surface area contributed by atoms with Crippen LogP contribution in [0, 0.1) is 0 Å². The van der Waals surface area contributed by atoms with Crippen LogP contribution in [0.2, 0.25) is 0 Å². The first-order chi connectivity index (χ1) is 16.5. The second-order valence-electron chi connectivity index (χ2n) is 7.07. The SMILES string of the molecule is COc1cc(Br)cc(C=Nn2c(=O)[nH]c3ccccc3c2=O)c1OCC(=O)Nc1ccccc1. The topological polar surface area (TPSA) is 115 Å². The summed E-state index contributed by atoms with van der Waals surface area (Å²) in [6.07, 6.45) is 1.29. The van der Waals surface area contributed by atoms with E-state index in [-0.39, 0.29) is 18.3 Å². The molecule has 0 aliphatic carbocycles. The van der Waals surface area contributed by atoms with Gasteiger partial charge in [0.1, 0.15) is 0 Å². The molecule has 10 heteroatoms. The van der Waals surface area contributed by atoms with Gasteiger partial charge in [-0.2, -0.15) is 5.10 Å². The number of carbonyl (C=O) groups excluding carboxylic acids is 1. The van der Waals surface area contributed by atoms with Crippen molar-refractivity contribution in [1.82, 2.24) is 9.66 Å². The number of aromatic nitrogens is 2. The Balaban J connectivity index is 1.65. The number of nitrogens with zero attached hydrogens (tertiary/aromatic N) is 2. The van der Waals surface area contributed by atoms with E-state index >= 15 is 0 Å². The summed E-state index contributed by atoms with van der Waals surface area (Å²) in [5, 5.41) is 7.13. The van der Waals surface area contributed by atoms with E-state index in [9.17, 15) is 14.4 Å². The quantitative estimate of drug-likeness (QED) is 0.361. The van der Waals surface area contributed by atoms with Crippen molar-refractivity contribution in [2.75, 3.05) is 19.0 Å². The van der Waals surface area contributed by atoms with Crippen LogP contribution < -0.4 is 26.0 Å². The van der Waals surface area contributed by atoms with E-state index in [2.05, 4.69) is 31.3 Å². The van der Waals surface area contributed by atoms with Crippen LogP contribution in [0.1, 0.15) is 5.56 Å². The fourth-order valence-corrected chi connectivity index (χ4v) is 3.68. The van der Waals surface area contributed by atoms with Crippen molar-refractivity contribution in [3.63, 3.8) is 0 Å². The zero-order valence-electron chi connectivity index (χ0n) is 17.9. The molecule has 172 valence electrons. The lowest BCUT2D eigenvalue weighted by Gasteiger charge is -2.14. The lowest BCUT2D eigenvalue weighted by molar-refractivity contribution is -0.118. The van der Waals surface area contributed by atoms with Crippen molar-refractivity contribution in [1.29, 1.82) is 0 Å². The molecule has 0 saturated carbocycles. The number of hydrogen-bond donors (Lipinski definition) is 2. The predicted molar refractivity (Wildman–Crippen MR) is 133 cm³/mol. The number of aromatic amines is 1. The second kappa shape index (κ2) is 10.2. The highest BCUT2D eigenvalue weighted by Crippen LogP contribution is 2.34. The van der Waals surface area contributed by atoms with Gasteiger partial charge in [-0.15, -0.1) is 4.68 Å². The van der Waals surface area contributed by atoms with Gasteiger partial charge in [0.2, 0.25) is 0 Å². The first kappa shape index (κ1) is 23.0. The minimum atomic E-state index is -0.688.